The Labute approximate surface area is 143 Å². The average molecular weight is 333 g/mol. The molecule has 0 saturated carbocycles. The van der Waals surface area contributed by atoms with Crippen molar-refractivity contribution in [2.24, 2.45) is 0 Å². The Hall–Kier alpha value is -2.24. The molecule has 1 unspecified atom stereocenters. The Kier molecular flexibility index (Phi) is 5.36. The lowest BCUT2D eigenvalue weighted by molar-refractivity contribution is -0.124. The number of piperazine rings is 1. The number of nitrogens with one attached hydrogen (secondary N) is 1. The first kappa shape index (κ1) is 18.1. The molecule has 24 heavy (non-hydrogen) atoms. The van der Waals surface area contributed by atoms with Crippen molar-refractivity contribution in [1.82, 2.24) is 10.2 Å². The smallest absolute Gasteiger partial charge is 0.318 e. The number of carbonyl (C=O) groups is 2. The van der Waals surface area contributed by atoms with Gasteiger partial charge in [0.15, 0.2) is 0 Å². The summed E-state index contributed by atoms with van der Waals surface area (Å²) >= 11 is 0. The van der Waals surface area contributed by atoms with Crippen molar-refractivity contribution in [2.45, 2.75) is 46.2 Å². The summed E-state index contributed by atoms with van der Waals surface area (Å²) in [6.07, 6.45) is 0. The summed E-state index contributed by atoms with van der Waals surface area (Å²) in [7, 11) is 0. The van der Waals surface area contributed by atoms with E-state index in [2.05, 4.69) is 5.32 Å². The van der Waals surface area contributed by atoms with Gasteiger partial charge in [-0.25, -0.2) is 4.79 Å². The fraction of sp³-hybridized carbons (Fsp3) is 0.556. The van der Waals surface area contributed by atoms with Gasteiger partial charge in [-0.2, -0.15) is 0 Å². The highest BCUT2D eigenvalue weighted by Crippen LogP contribution is 2.23. The largest absolute Gasteiger partial charge is 0.494 e. The number of ether oxygens (including phenoxy) is 1. The fourth-order valence-electron chi connectivity index (χ4n) is 2.69. The van der Waals surface area contributed by atoms with Gasteiger partial charge in [0.05, 0.1) is 6.61 Å². The van der Waals surface area contributed by atoms with Crippen molar-refractivity contribution in [3.63, 3.8) is 0 Å². The third kappa shape index (κ3) is 4.19. The Morgan fingerprint density at radius 3 is 2.42 bits per heavy atom. The van der Waals surface area contributed by atoms with E-state index < -0.39 is 6.04 Å². The van der Waals surface area contributed by atoms with E-state index >= 15 is 0 Å². The normalized spacial score (nSPS) is 18.5. The minimum absolute atomic E-state index is 0.0746. The molecule has 0 radical (unpaired) electrons. The van der Waals surface area contributed by atoms with Crippen molar-refractivity contribution in [1.29, 1.82) is 0 Å². The lowest BCUT2D eigenvalue weighted by Gasteiger charge is -2.40. The highest BCUT2D eigenvalue weighted by molar-refractivity contribution is 6.00. The minimum Gasteiger partial charge on any atom is -0.494 e. The summed E-state index contributed by atoms with van der Waals surface area (Å²) in [6, 6.07) is 6.77. The number of urea groups is 1. The van der Waals surface area contributed by atoms with Crippen molar-refractivity contribution >= 4 is 17.6 Å². The number of rotatable bonds is 3. The number of hydrogen-bond donors (Lipinski definition) is 1. The zero-order valence-electron chi connectivity index (χ0n) is 15.1. The summed E-state index contributed by atoms with van der Waals surface area (Å²) in [6.45, 7) is 11.1. The number of nitrogens with zero attached hydrogens (tertiary/aromatic N) is 2. The van der Waals surface area contributed by atoms with Gasteiger partial charge in [-0.1, -0.05) is 0 Å². The second-order valence-corrected chi connectivity index (χ2v) is 6.97. The molecule has 0 aromatic heterocycles. The van der Waals surface area contributed by atoms with E-state index in [-0.39, 0.29) is 17.5 Å². The maximum absolute atomic E-state index is 12.7. The van der Waals surface area contributed by atoms with Crippen LogP contribution < -0.4 is 15.0 Å². The molecule has 1 aromatic carbocycles. The highest BCUT2D eigenvalue weighted by atomic mass is 16.5. The number of amides is 3. The van der Waals surface area contributed by atoms with Gasteiger partial charge in [-0.15, -0.1) is 0 Å². The van der Waals surface area contributed by atoms with Crippen LogP contribution in [0.2, 0.25) is 0 Å². The third-order valence-electron chi connectivity index (χ3n) is 3.86. The molecule has 1 saturated heterocycles. The van der Waals surface area contributed by atoms with Crippen molar-refractivity contribution < 1.29 is 14.3 Å². The molecule has 1 atom stereocenters. The maximum atomic E-state index is 12.7. The molecule has 2 rings (SSSR count). The van der Waals surface area contributed by atoms with E-state index in [4.69, 9.17) is 4.74 Å². The van der Waals surface area contributed by atoms with Crippen molar-refractivity contribution in [2.75, 3.05) is 24.6 Å². The van der Waals surface area contributed by atoms with Crippen LogP contribution in [0.1, 0.15) is 34.6 Å². The van der Waals surface area contributed by atoms with Crippen LogP contribution in [0.4, 0.5) is 10.5 Å². The van der Waals surface area contributed by atoms with Crippen LogP contribution in [-0.4, -0.2) is 48.1 Å². The van der Waals surface area contributed by atoms with Gasteiger partial charge in [-0.3, -0.25) is 4.79 Å². The van der Waals surface area contributed by atoms with Crippen LogP contribution >= 0.6 is 0 Å². The molecule has 0 bridgehead atoms. The first-order chi connectivity index (χ1) is 11.2. The SMILES string of the molecule is CCOc1ccc(N2CCN(C(=O)NC(C)(C)C)C(C)C2=O)cc1. The fourth-order valence-corrected chi connectivity index (χ4v) is 2.69. The highest BCUT2D eigenvalue weighted by Gasteiger charge is 2.35. The van der Waals surface area contributed by atoms with Gasteiger partial charge in [0, 0.05) is 24.3 Å². The first-order valence-corrected chi connectivity index (χ1v) is 8.36. The third-order valence-corrected chi connectivity index (χ3v) is 3.86. The standard InChI is InChI=1S/C18H27N3O3/c1-6-24-15-9-7-14(8-10-15)21-12-11-20(13(2)16(21)22)17(23)19-18(3,4)5/h7-10,13H,6,11-12H2,1-5H3,(H,19,23). The number of benzene rings is 1. The van der Waals surface area contributed by atoms with E-state index in [9.17, 15) is 9.59 Å². The summed E-state index contributed by atoms with van der Waals surface area (Å²) in [5.41, 5.74) is 0.498. The first-order valence-electron chi connectivity index (χ1n) is 8.36. The second kappa shape index (κ2) is 7.11. The predicted molar refractivity (Wildman–Crippen MR) is 94.4 cm³/mol. The molecular formula is C18H27N3O3. The summed E-state index contributed by atoms with van der Waals surface area (Å²) in [5.74, 6) is 0.708. The molecule has 1 aliphatic heterocycles. The van der Waals surface area contributed by atoms with E-state index in [0.29, 0.717) is 19.7 Å². The lowest BCUT2D eigenvalue weighted by atomic mass is 10.1. The van der Waals surface area contributed by atoms with Gasteiger partial charge in [-0.05, 0) is 58.9 Å². The van der Waals surface area contributed by atoms with E-state index in [1.165, 1.54) is 0 Å². The Morgan fingerprint density at radius 1 is 1.25 bits per heavy atom. The zero-order chi connectivity index (χ0) is 17.9. The van der Waals surface area contributed by atoms with Gasteiger partial charge in [0.25, 0.3) is 0 Å². The van der Waals surface area contributed by atoms with Crippen LogP contribution in [0, 0.1) is 0 Å². The second-order valence-electron chi connectivity index (χ2n) is 6.97. The summed E-state index contributed by atoms with van der Waals surface area (Å²) in [4.78, 5) is 28.4. The number of carbonyl (C=O) groups excluding carboxylic acids is 2. The minimum atomic E-state index is -0.493. The van der Waals surface area contributed by atoms with E-state index in [1.807, 2.05) is 52.0 Å². The van der Waals surface area contributed by atoms with E-state index in [1.54, 1.807) is 16.7 Å². The average Bonchev–Trinajstić information content (AvgIpc) is 2.49. The molecule has 1 N–H and O–H groups in total. The van der Waals surface area contributed by atoms with Crippen LogP contribution in [-0.2, 0) is 4.79 Å². The molecule has 1 heterocycles. The van der Waals surface area contributed by atoms with Crippen LogP contribution in [0.3, 0.4) is 0 Å². The molecule has 0 spiro atoms. The predicted octanol–water partition coefficient (Wildman–Crippen LogP) is 2.63. The summed E-state index contributed by atoms with van der Waals surface area (Å²) < 4.78 is 5.43. The van der Waals surface area contributed by atoms with Crippen LogP contribution in [0.15, 0.2) is 24.3 Å². The maximum Gasteiger partial charge on any atom is 0.318 e. The van der Waals surface area contributed by atoms with Gasteiger partial charge in [0.1, 0.15) is 11.8 Å². The van der Waals surface area contributed by atoms with Gasteiger partial charge >= 0.3 is 6.03 Å². The molecule has 0 aliphatic carbocycles. The Morgan fingerprint density at radius 2 is 1.88 bits per heavy atom. The van der Waals surface area contributed by atoms with Gasteiger partial charge in [0.2, 0.25) is 5.91 Å². The van der Waals surface area contributed by atoms with E-state index in [0.717, 1.165) is 11.4 Å². The molecule has 1 fully saturated rings. The van der Waals surface area contributed by atoms with Gasteiger partial charge < -0.3 is 19.9 Å². The molecule has 132 valence electrons. The van der Waals surface area contributed by atoms with Crippen molar-refractivity contribution in [3.8, 4) is 5.75 Å². The lowest BCUT2D eigenvalue weighted by Crippen LogP contribution is -2.61. The Balaban J connectivity index is 2.07. The molecule has 1 aliphatic rings. The molecule has 6 heteroatoms. The number of hydrogen-bond acceptors (Lipinski definition) is 3. The summed E-state index contributed by atoms with van der Waals surface area (Å²) in [5, 5.41) is 2.92. The van der Waals surface area contributed by atoms with Crippen molar-refractivity contribution in [3.05, 3.63) is 24.3 Å². The molecule has 3 amide bonds. The number of anilines is 1. The van der Waals surface area contributed by atoms with Crippen LogP contribution in [0.5, 0.6) is 5.75 Å². The molecule has 6 nitrogen and oxygen atoms in total. The quantitative estimate of drug-likeness (QED) is 0.925. The molecular weight excluding hydrogens is 306 g/mol. The monoisotopic (exact) mass is 333 g/mol. The van der Waals surface area contributed by atoms with Crippen LogP contribution in [0.25, 0.3) is 0 Å². The molecule has 1 aromatic rings. The topological polar surface area (TPSA) is 61.9 Å². The zero-order valence-corrected chi connectivity index (χ0v) is 15.1. The Bertz CT molecular complexity index is 593.